The van der Waals surface area contributed by atoms with Gasteiger partial charge in [0.25, 0.3) is 5.91 Å². The molecule has 0 unspecified atom stereocenters. The van der Waals surface area contributed by atoms with Crippen molar-refractivity contribution >= 4 is 27.7 Å². The molecule has 3 fully saturated rings. The Morgan fingerprint density at radius 2 is 1.93 bits per heavy atom. The Kier molecular flexibility index (Phi) is 4.79. The average Bonchev–Trinajstić information content (AvgIpc) is 3.30. The van der Waals surface area contributed by atoms with Gasteiger partial charge in [0, 0.05) is 23.3 Å². The molecule has 3 atom stereocenters. The van der Waals surface area contributed by atoms with Gasteiger partial charge in [-0.05, 0) is 65.4 Å². The predicted octanol–water partition coefficient (Wildman–Crippen LogP) is 3.53. The fraction of sp³-hybridized carbons (Fsp3) is 0.333. The number of anilines is 1. The molecular weight excluding hydrogens is 432 g/mol. The molecule has 7 nitrogen and oxygen atoms in total. The number of pyridine rings is 1. The number of piperidine rings is 2. The summed E-state index contributed by atoms with van der Waals surface area (Å²) in [4.78, 5) is 21.6. The lowest BCUT2D eigenvalue weighted by molar-refractivity contribution is 0.0281. The first-order valence-corrected chi connectivity index (χ1v) is 10.6. The minimum atomic E-state index is 0.0443. The van der Waals surface area contributed by atoms with Gasteiger partial charge in [-0.2, -0.15) is 15.0 Å². The van der Waals surface area contributed by atoms with E-state index in [1.165, 1.54) is 11.2 Å². The van der Waals surface area contributed by atoms with Crippen LogP contribution in [-0.2, 0) is 0 Å². The van der Waals surface area contributed by atoms with Crippen molar-refractivity contribution in [1.29, 1.82) is 0 Å². The lowest BCUT2D eigenvalue weighted by Gasteiger charge is -2.50. The van der Waals surface area contributed by atoms with E-state index in [1.807, 2.05) is 41.3 Å². The molecule has 148 valence electrons. The minimum absolute atomic E-state index is 0.0443. The molecule has 1 aromatic carbocycles. The molecule has 6 rings (SSSR count). The molecule has 1 aliphatic carbocycles. The van der Waals surface area contributed by atoms with Crippen LogP contribution in [0.1, 0.15) is 29.6 Å². The summed E-state index contributed by atoms with van der Waals surface area (Å²) in [6.45, 7) is 0.802. The van der Waals surface area contributed by atoms with Crippen LogP contribution in [0.2, 0.25) is 0 Å². The van der Waals surface area contributed by atoms with Crippen LogP contribution in [0, 0.1) is 5.92 Å². The fourth-order valence-electron chi connectivity index (χ4n) is 4.56. The van der Waals surface area contributed by atoms with E-state index in [9.17, 15) is 4.79 Å². The molecule has 3 aliphatic rings. The van der Waals surface area contributed by atoms with Crippen LogP contribution in [0.25, 0.3) is 5.69 Å². The number of benzene rings is 1. The number of hydrogen-bond donors (Lipinski definition) is 1. The van der Waals surface area contributed by atoms with E-state index >= 15 is 0 Å². The molecular formula is C21H21BrN6O. The number of rotatable bonds is 4. The third kappa shape index (κ3) is 3.53. The maximum atomic E-state index is 13.6. The van der Waals surface area contributed by atoms with E-state index in [-0.39, 0.29) is 18.0 Å². The molecule has 2 aliphatic heterocycles. The zero-order chi connectivity index (χ0) is 19.8. The summed E-state index contributed by atoms with van der Waals surface area (Å²) in [6.07, 6.45) is 8.27. The molecule has 1 N–H and O–H groups in total. The van der Waals surface area contributed by atoms with Crippen molar-refractivity contribution in [1.82, 2.24) is 24.9 Å². The number of fused-ring (bicyclic) bond motifs is 3. The van der Waals surface area contributed by atoms with Crippen molar-refractivity contribution in [2.75, 3.05) is 11.9 Å². The topological polar surface area (TPSA) is 75.9 Å². The van der Waals surface area contributed by atoms with Gasteiger partial charge < -0.3 is 10.2 Å². The Balaban J connectivity index is 1.41. The first kappa shape index (κ1) is 18.3. The Bertz CT molecular complexity index is 1010. The van der Waals surface area contributed by atoms with Crippen molar-refractivity contribution < 1.29 is 4.79 Å². The van der Waals surface area contributed by atoms with Gasteiger partial charge in [-0.3, -0.25) is 4.79 Å². The second kappa shape index (κ2) is 7.59. The minimum Gasteiger partial charge on any atom is -0.365 e. The largest absolute Gasteiger partial charge is 0.365 e. The summed E-state index contributed by atoms with van der Waals surface area (Å²) in [5, 5.41) is 12.0. The molecule has 0 radical (unpaired) electrons. The zero-order valence-corrected chi connectivity index (χ0v) is 17.4. The normalized spacial score (nSPS) is 23.2. The summed E-state index contributed by atoms with van der Waals surface area (Å²) in [5.74, 6) is 1.40. The molecule has 2 bridgehead atoms. The fourth-order valence-corrected chi connectivity index (χ4v) is 4.79. The van der Waals surface area contributed by atoms with Crippen LogP contribution in [0.3, 0.4) is 0 Å². The van der Waals surface area contributed by atoms with Crippen LogP contribution in [0.15, 0.2) is 59.5 Å². The summed E-state index contributed by atoms with van der Waals surface area (Å²) in [7, 11) is 0. The number of carbonyl (C=O) groups is 1. The predicted molar refractivity (Wildman–Crippen MR) is 113 cm³/mol. The SMILES string of the molecule is O=C(c1ccccc1-n1nccn1)N1C[C@@H]2CC[C@H]1[C@H](Nc1ccc(Br)cn1)C2. The van der Waals surface area contributed by atoms with Crippen LogP contribution in [0.5, 0.6) is 0 Å². The quantitative estimate of drug-likeness (QED) is 0.654. The highest BCUT2D eigenvalue weighted by Crippen LogP contribution is 2.37. The number of amides is 1. The van der Waals surface area contributed by atoms with Gasteiger partial charge >= 0.3 is 0 Å². The molecule has 4 heterocycles. The standard InChI is InChI=1S/C21H21BrN6O/c22-15-6-8-20(23-12-15)26-17-11-14-5-7-19(17)27(13-14)21(29)16-3-1-2-4-18(16)28-24-9-10-25-28/h1-4,6,8-10,12,14,17,19H,5,7,11,13H2,(H,23,26)/t14-,17-,19+/m1/s1. The van der Waals surface area contributed by atoms with Gasteiger partial charge in [0.2, 0.25) is 0 Å². The second-order valence-corrected chi connectivity index (χ2v) is 8.57. The summed E-state index contributed by atoms with van der Waals surface area (Å²) in [6, 6.07) is 11.8. The van der Waals surface area contributed by atoms with E-state index in [1.54, 1.807) is 18.6 Å². The molecule has 2 aromatic heterocycles. The van der Waals surface area contributed by atoms with Crippen LogP contribution < -0.4 is 5.32 Å². The molecule has 1 saturated carbocycles. The molecule has 2 saturated heterocycles. The summed E-state index contributed by atoms with van der Waals surface area (Å²) >= 11 is 3.43. The average molecular weight is 453 g/mol. The highest BCUT2D eigenvalue weighted by molar-refractivity contribution is 9.10. The monoisotopic (exact) mass is 452 g/mol. The number of carbonyl (C=O) groups excluding carboxylic acids is 1. The van der Waals surface area contributed by atoms with Crippen LogP contribution >= 0.6 is 15.9 Å². The zero-order valence-electron chi connectivity index (χ0n) is 15.8. The Hall–Kier alpha value is -2.74. The smallest absolute Gasteiger partial charge is 0.256 e. The van der Waals surface area contributed by atoms with Gasteiger partial charge in [-0.15, -0.1) is 0 Å². The first-order valence-electron chi connectivity index (χ1n) is 9.84. The van der Waals surface area contributed by atoms with Gasteiger partial charge in [-0.1, -0.05) is 12.1 Å². The Labute approximate surface area is 177 Å². The van der Waals surface area contributed by atoms with E-state index in [2.05, 4.69) is 36.4 Å². The van der Waals surface area contributed by atoms with E-state index in [0.29, 0.717) is 17.2 Å². The van der Waals surface area contributed by atoms with Crippen molar-refractivity contribution in [2.45, 2.75) is 31.3 Å². The van der Waals surface area contributed by atoms with E-state index in [0.717, 1.165) is 29.7 Å². The van der Waals surface area contributed by atoms with E-state index < -0.39 is 0 Å². The number of aromatic nitrogens is 4. The molecule has 8 heteroatoms. The van der Waals surface area contributed by atoms with Crippen molar-refractivity contribution in [3.8, 4) is 5.69 Å². The number of nitrogens with one attached hydrogen (secondary N) is 1. The number of nitrogens with zero attached hydrogens (tertiary/aromatic N) is 5. The van der Waals surface area contributed by atoms with Gasteiger partial charge in [0.15, 0.2) is 0 Å². The highest BCUT2D eigenvalue weighted by Gasteiger charge is 2.43. The van der Waals surface area contributed by atoms with Gasteiger partial charge in [0.05, 0.1) is 29.7 Å². The lowest BCUT2D eigenvalue weighted by atomic mass is 9.76. The maximum Gasteiger partial charge on any atom is 0.256 e. The highest BCUT2D eigenvalue weighted by atomic mass is 79.9. The maximum absolute atomic E-state index is 13.6. The lowest BCUT2D eigenvalue weighted by Crippen LogP contribution is -2.59. The molecule has 3 aromatic rings. The molecule has 0 spiro atoms. The van der Waals surface area contributed by atoms with Crippen molar-refractivity contribution in [2.24, 2.45) is 5.92 Å². The molecule has 29 heavy (non-hydrogen) atoms. The molecule has 1 amide bonds. The number of para-hydroxylation sites is 1. The summed E-state index contributed by atoms with van der Waals surface area (Å²) < 4.78 is 0.953. The number of hydrogen-bond acceptors (Lipinski definition) is 5. The Morgan fingerprint density at radius 1 is 1.10 bits per heavy atom. The third-order valence-electron chi connectivity index (χ3n) is 5.87. The van der Waals surface area contributed by atoms with Crippen molar-refractivity contribution in [3.63, 3.8) is 0 Å². The van der Waals surface area contributed by atoms with Gasteiger partial charge in [0.1, 0.15) is 5.82 Å². The third-order valence-corrected chi connectivity index (χ3v) is 6.34. The summed E-state index contributed by atoms with van der Waals surface area (Å²) in [5.41, 5.74) is 1.35. The first-order chi connectivity index (χ1) is 14.2. The van der Waals surface area contributed by atoms with Crippen LogP contribution in [0.4, 0.5) is 5.82 Å². The number of halogens is 1. The van der Waals surface area contributed by atoms with Gasteiger partial charge in [-0.25, -0.2) is 4.98 Å². The van der Waals surface area contributed by atoms with Crippen molar-refractivity contribution in [3.05, 3.63) is 65.0 Å². The second-order valence-electron chi connectivity index (χ2n) is 7.65. The Morgan fingerprint density at radius 3 is 2.69 bits per heavy atom. The van der Waals surface area contributed by atoms with Crippen LogP contribution in [-0.4, -0.2) is 49.4 Å². The van der Waals surface area contributed by atoms with E-state index in [4.69, 9.17) is 0 Å².